The summed E-state index contributed by atoms with van der Waals surface area (Å²) < 4.78 is 51.8. The summed E-state index contributed by atoms with van der Waals surface area (Å²) in [4.78, 5) is 40.9. The number of carbonyl (C=O) groups excluding carboxylic acids is 3. The highest BCUT2D eigenvalue weighted by Crippen LogP contribution is 2.43. The highest BCUT2D eigenvalue weighted by molar-refractivity contribution is 6.31. The van der Waals surface area contributed by atoms with Crippen LogP contribution in [0.3, 0.4) is 0 Å². The predicted octanol–water partition coefficient (Wildman–Crippen LogP) is 9.23. The van der Waals surface area contributed by atoms with Crippen LogP contribution in [0, 0.1) is 28.4 Å². The van der Waals surface area contributed by atoms with Crippen LogP contribution in [0.25, 0.3) is 0 Å². The van der Waals surface area contributed by atoms with Crippen molar-refractivity contribution >= 4 is 46.9 Å². The van der Waals surface area contributed by atoms with E-state index in [1.165, 1.54) is 50.4 Å². The van der Waals surface area contributed by atoms with Crippen LogP contribution in [0.5, 0.6) is 5.75 Å². The Hall–Kier alpha value is -4.44. The van der Waals surface area contributed by atoms with E-state index < -0.39 is 47.4 Å². The number of hydrogen-bond acceptors (Lipinski definition) is 9. The molecule has 0 bridgehead atoms. The number of methoxy groups -OCH3 is 1. The van der Waals surface area contributed by atoms with Gasteiger partial charge in [-0.05, 0) is 93.5 Å². The third-order valence-electron chi connectivity index (χ3n) is 10.0. The number of rotatable bonds is 13. The molecule has 5 rings (SSSR count). The number of benzene rings is 3. The van der Waals surface area contributed by atoms with Crippen molar-refractivity contribution in [3.63, 3.8) is 0 Å². The van der Waals surface area contributed by atoms with Crippen LogP contribution in [0.1, 0.15) is 86.2 Å². The summed E-state index contributed by atoms with van der Waals surface area (Å²) in [5.74, 6) is -3.33. The summed E-state index contributed by atoms with van der Waals surface area (Å²) in [6.45, 7) is 3.80. The lowest BCUT2D eigenvalue weighted by Crippen LogP contribution is -2.47. The summed E-state index contributed by atoms with van der Waals surface area (Å²) in [6.07, 6.45) is 3.39. The summed E-state index contributed by atoms with van der Waals surface area (Å²) in [6, 6.07) is 14.6. The average molecular weight is 787 g/mol. The molecule has 1 saturated heterocycles. The van der Waals surface area contributed by atoms with Gasteiger partial charge in [0.2, 0.25) is 12.2 Å². The molecule has 0 spiro atoms. The van der Waals surface area contributed by atoms with Crippen molar-refractivity contribution in [1.29, 1.82) is 5.26 Å². The Morgan fingerprint density at radius 2 is 1.78 bits per heavy atom. The van der Waals surface area contributed by atoms with Gasteiger partial charge in [-0.2, -0.15) is 5.26 Å². The first-order valence-corrected chi connectivity index (χ1v) is 18.7. The molecule has 1 heterocycles. The highest BCUT2D eigenvalue weighted by atomic mass is 35.5. The Labute approximate surface area is 323 Å². The van der Waals surface area contributed by atoms with Gasteiger partial charge in [0.25, 0.3) is 0 Å². The molecule has 1 aliphatic heterocycles. The maximum Gasteiger partial charge on any atom is 0.511 e. The molecule has 14 heteroatoms. The Balaban J connectivity index is 1.30. The second kappa shape index (κ2) is 18.3. The molecule has 2 fully saturated rings. The number of esters is 1. The van der Waals surface area contributed by atoms with Crippen molar-refractivity contribution < 1.29 is 42.1 Å². The van der Waals surface area contributed by atoms with E-state index in [1.54, 1.807) is 19.1 Å². The molecule has 4 atom stereocenters. The number of amides is 1. The fraction of sp³-hybridized carbons (Fsp3) is 0.450. The number of nitrogens with zero attached hydrogens (tertiary/aromatic N) is 2. The molecular weight excluding hydrogens is 743 g/mol. The van der Waals surface area contributed by atoms with Crippen LogP contribution in [0.2, 0.25) is 10.0 Å². The largest absolute Gasteiger partial charge is 0.511 e. The van der Waals surface area contributed by atoms with Crippen LogP contribution in [-0.2, 0) is 25.4 Å². The molecule has 0 radical (unpaired) electrons. The number of likely N-dealkylation sites (tertiary alicyclic amines) is 1. The lowest BCUT2D eigenvalue weighted by Gasteiger charge is -2.39. The highest BCUT2D eigenvalue weighted by Gasteiger charge is 2.43. The molecule has 1 N–H and O–H groups in total. The molecule has 3 aromatic rings. The van der Waals surface area contributed by atoms with Crippen molar-refractivity contribution in [1.82, 2.24) is 4.90 Å². The maximum atomic E-state index is 15.3. The van der Waals surface area contributed by atoms with Gasteiger partial charge in [-0.3, -0.25) is 9.69 Å². The van der Waals surface area contributed by atoms with Crippen LogP contribution in [-0.4, -0.2) is 61.6 Å². The number of nitrogens with one attached hydrogen (secondary N) is 1. The van der Waals surface area contributed by atoms with Crippen molar-refractivity contribution in [2.45, 2.75) is 89.6 Å². The van der Waals surface area contributed by atoms with Gasteiger partial charge in [0.15, 0.2) is 0 Å². The van der Waals surface area contributed by atoms with Gasteiger partial charge in [-0.15, -0.1) is 0 Å². The van der Waals surface area contributed by atoms with E-state index in [9.17, 15) is 19.6 Å². The van der Waals surface area contributed by atoms with Gasteiger partial charge in [0.05, 0.1) is 41.4 Å². The molecule has 10 nitrogen and oxygen atoms in total. The van der Waals surface area contributed by atoms with Gasteiger partial charge >= 0.3 is 12.1 Å². The van der Waals surface area contributed by atoms with Crippen LogP contribution in [0.4, 0.5) is 19.3 Å². The quantitative estimate of drug-likeness (QED) is 0.133. The molecule has 1 aliphatic carbocycles. The number of anilines is 1. The van der Waals surface area contributed by atoms with Gasteiger partial charge in [-0.25, -0.2) is 18.4 Å². The molecule has 3 aromatic carbocycles. The van der Waals surface area contributed by atoms with E-state index >= 15 is 8.78 Å². The second-order valence-electron chi connectivity index (χ2n) is 14.0. The van der Waals surface area contributed by atoms with E-state index in [1.807, 2.05) is 4.90 Å². The third-order valence-corrected chi connectivity index (χ3v) is 10.5. The summed E-state index contributed by atoms with van der Waals surface area (Å²) >= 11 is 12.1. The smallest absolute Gasteiger partial charge is 0.495 e. The van der Waals surface area contributed by atoms with E-state index in [0.29, 0.717) is 19.4 Å². The van der Waals surface area contributed by atoms with Crippen LogP contribution >= 0.6 is 23.2 Å². The minimum absolute atomic E-state index is 0.0151. The zero-order chi connectivity index (χ0) is 39.0. The van der Waals surface area contributed by atoms with Crippen molar-refractivity contribution in [3.05, 3.63) is 93.0 Å². The normalized spacial score (nSPS) is 18.4. The molecule has 3 unspecified atom stereocenters. The number of ether oxygens (including phenoxy) is 4. The van der Waals surface area contributed by atoms with E-state index in [0.717, 1.165) is 38.2 Å². The monoisotopic (exact) mass is 785 g/mol. The first-order valence-electron chi connectivity index (χ1n) is 17.9. The summed E-state index contributed by atoms with van der Waals surface area (Å²) in [5.41, 5.74) is -0.373. The Morgan fingerprint density at radius 1 is 1.02 bits per heavy atom. The van der Waals surface area contributed by atoms with E-state index in [2.05, 4.69) is 11.4 Å². The standard InChI is InChI=1S/C40H43Cl2F2N3O7/c1-24(53-39(50)54-28-10-5-4-6-11-28)52-38(49)25-14-17-33(35(19-25)51-3)46-37(48)34-13-8-18-47(34)23-40(2,21-26-9-7-12-31(42)36(26)44)30(22-45)29-16-15-27(41)20-32(29)43/h7,9,12,14-17,19-20,24,28,30,34H,4-6,8,10-11,13,18,21,23H2,1-3H3,(H,46,48)/t24?,30?,34-,40?/m1/s1. The minimum Gasteiger partial charge on any atom is -0.495 e. The second-order valence-corrected chi connectivity index (χ2v) is 14.9. The van der Waals surface area contributed by atoms with E-state index in [-0.39, 0.29) is 63.1 Å². The SMILES string of the molecule is COc1cc(C(=O)OC(C)OC(=O)OC2CCCCC2)ccc1NC(=O)[C@H]1CCCN1CC(C)(Cc1cccc(Cl)c1F)C(C#N)c1ccc(Cl)cc1F. The number of halogens is 4. The molecule has 2 aliphatic rings. The van der Waals surface area contributed by atoms with Gasteiger partial charge in [0.1, 0.15) is 23.5 Å². The lowest BCUT2D eigenvalue weighted by atomic mass is 9.69. The predicted molar refractivity (Wildman–Crippen MR) is 199 cm³/mol. The molecule has 288 valence electrons. The topological polar surface area (TPSA) is 127 Å². The average Bonchev–Trinajstić information content (AvgIpc) is 3.59. The summed E-state index contributed by atoms with van der Waals surface area (Å²) in [7, 11) is 1.38. The van der Waals surface area contributed by atoms with Crippen molar-refractivity contribution in [2.24, 2.45) is 5.41 Å². The van der Waals surface area contributed by atoms with Crippen molar-refractivity contribution in [2.75, 3.05) is 25.5 Å². The first kappa shape index (κ1) is 40.7. The number of nitriles is 1. The Morgan fingerprint density at radius 3 is 2.48 bits per heavy atom. The van der Waals surface area contributed by atoms with Gasteiger partial charge < -0.3 is 24.3 Å². The first-order chi connectivity index (χ1) is 25.8. The van der Waals surface area contributed by atoms with Crippen LogP contribution in [0.15, 0.2) is 54.6 Å². The van der Waals surface area contributed by atoms with Crippen molar-refractivity contribution in [3.8, 4) is 11.8 Å². The third kappa shape index (κ3) is 10.00. The lowest BCUT2D eigenvalue weighted by molar-refractivity contribution is -0.120. The molecule has 0 aromatic heterocycles. The molecule has 1 amide bonds. The number of carbonyl (C=O) groups is 3. The minimum atomic E-state index is -1.22. The molecule has 54 heavy (non-hydrogen) atoms. The van der Waals surface area contributed by atoms with Gasteiger partial charge in [-0.1, -0.05) is 54.7 Å². The fourth-order valence-electron chi connectivity index (χ4n) is 7.34. The summed E-state index contributed by atoms with van der Waals surface area (Å²) in [5, 5.41) is 13.5. The fourth-order valence-corrected chi connectivity index (χ4v) is 7.70. The molecule has 1 saturated carbocycles. The maximum absolute atomic E-state index is 15.3. The zero-order valence-electron chi connectivity index (χ0n) is 30.3. The zero-order valence-corrected chi connectivity index (χ0v) is 31.9. The van der Waals surface area contributed by atoms with Gasteiger partial charge in [0, 0.05) is 29.5 Å². The Kier molecular flexibility index (Phi) is 13.8. The van der Waals surface area contributed by atoms with E-state index in [4.69, 9.17) is 42.1 Å². The van der Waals surface area contributed by atoms with Crippen LogP contribution < -0.4 is 10.1 Å². The number of hydrogen-bond donors (Lipinski definition) is 1. The molecular formula is C40H43Cl2F2N3O7. The Bertz CT molecular complexity index is 1890.